The number of furan rings is 1. The molecule has 0 aliphatic rings. The topological polar surface area (TPSA) is 25.2 Å². The highest BCUT2D eigenvalue weighted by atomic mass is 79.9. The minimum atomic E-state index is 0.148. The maximum absolute atomic E-state index is 5.85. The second-order valence-electron chi connectivity index (χ2n) is 3.78. The van der Waals surface area contributed by atoms with E-state index in [2.05, 4.69) is 58.7 Å². The molecule has 17 heavy (non-hydrogen) atoms. The summed E-state index contributed by atoms with van der Waals surface area (Å²) in [4.78, 5) is 1.27. The van der Waals surface area contributed by atoms with Gasteiger partial charge >= 0.3 is 0 Å². The van der Waals surface area contributed by atoms with Gasteiger partial charge < -0.3 is 9.73 Å². The number of aryl methyl sites for hydroxylation is 1. The lowest BCUT2D eigenvalue weighted by Crippen LogP contribution is -2.20. The first kappa shape index (κ1) is 12.9. The molecular weight excluding hydrogens is 298 g/mol. The Balaban J connectivity index is 2.32. The molecule has 2 heterocycles. The van der Waals surface area contributed by atoms with Gasteiger partial charge in [0.05, 0.1) is 0 Å². The van der Waals surface area contributed by atoms with Crippen LogP contribution in [0.5, 0.6) is 0 Å². The summed E-state index contributed by atoms with van der Waals surface area (Å²) in [6, 6.07) is 6.35. The summed E-state index contributed by atoms with van der Waals surface area (Å²) in [5, 5.41) is 5.56. The summed E-state index contributed by atoms with van der Waals surface area (Å²) in [7, 11) is 0. The summed E-state index contributed by atoms with van der Waals surface area (Å²) < 4.78 is 6.99. The van der Waals surface area contributed by atoms with Crippen molar-refractivity contribution in [3.05, 3.63) is 44.4 Å². The Kier molecular flexibility index (Phi) is 4.42. The van der Waals surface area contributed by atoms with Gasteiger partial charge in [0.15, 0.2) is 0 Å². The van der Waals surface area contributed by atoms with Crippen LogP contribution in [0.4, 0.5) is 0 Å². The quantitative estimate of drug-likeness (QED) is 0.887. The smallest absolute Gasteiger partial charge is 0.126 e. The molecule has 0 spiro atoms. The van der Waals surface area contributed by atoms with Gasteiger partial charge in [0, 0.05) is 15.8 Å². The molecule has 1 unspecified atom stereocenters. The molecule has 0 aliphatic heterocycles. The van der Waals surface area contributed by atoms with Crippen LogP contribution in [0.2, 0.25) is 0 Å². The van der Waals surface area contributed by atoms with Crippen molar-refractivity contribution in [3.8, 4) is 0 Å². The number of halogens is 1. The van der Waals surface area contributed by atoms with E-state index in [9.17, 15) is 0 Å². The van der Waals surface area contributed by atoms with E-state index < -0.39 is 0 Å². The Bertz CT molecular complexity index is 477. The summed E-state index contributed by atoms with van der Waals surface area (Å²) in [6.07, 6.45) is 0.935. The highest BCUT2D eigenvalue weighted by Crippen LogP contribution is 2.33. The van der Waals surface area contributed by atoms with E-state index in [1.165, 1.54) is 4.88 Å². The lowest BCUT2D eigenvalue weighted by molar-refractivity contribution is 0.428. The maximum atomic E-state index is 5.85. The second kappa shape index (κ2) is 5.85. The van der Waals surface area contributed by atoms with Crippen LogP contribution < -0.4 is 5.32 Å². The number of hydrogen-bond donors (Lipinski definition) is 1. The normalized spacial score (nSPS) is 12.9. The highest BCUT2D eigenvalue weighted by molar-refractivity contribution is 9.10. The Morgan fingerprint density at radius 1 is 1.35 bits per heavy atom. The van der Waals surface area contributed by atoms with Crippen LogP contribution in [0, 0.1) is 0 Å². The summed E-state index contributed by atoms with van der Waals surface area (Å²) in [5.41, 5.74) is 0. The fourth-order valence-corrected chi connectivity index (χ4v) is 3.46. The van der Waals surface area contributed by atoms with E-state index in [4.69, 9.17) is 4.42 Å². The van der Waals surface area contributed by atoms with Gasteiger partial charge in [-0.05, 0) is 46.1 Å². The zero-order valence-electron chi connectivity index (χ0n) is 10.00. The molecule has 1 N–H and O–H groups in total. The van der Waals surface area contributed by atoms with Crippen LogP contribution in [-0.4, -0.2) is 6.54 Å². The predicted octanol–water partition coefficient (Wildman–Crippen LogP) is 4.36. The molecule has 92 valence electrons. The van der Waals surface area contributed by atoms with Crippen molar-refractivity contribution in [2.24, 2.45) is 0 Å². The van der Waals surface area contributed by atoms with E-state index in [0.717, 1.165) is 29.0 Å². The zero-order valence-corrected chi connectivity index (χ0v) is 12.4. The third-order valence-electron chi connectivity index (χ3n) is 2.63. The third kappa shape index (κ3) is 2.81. The van der Waals surface area contributed by atoms with Gasteiger partial charge in [-0.25, -0.2) is 0 Å². The van der Waals surface area contributed by atoms with Crippen LogP contribution in [0.25, 0.3) is 0 Å². The van der Waals surface area contributed by atoms with Gasteiger partial charge in [0.2, 0.25) is 0 Å². The summed E-state index contributed by atoms with van der Waals surface area (Å²) in [5.74, 6) is 2.03. The molecule has 0 radical (unpaired) electrons. The van der Waals surface area contributed by atoms with Crippen LogP contribution in [0.15, 0.2) is 32.5 Å². The Labute approximate surface area is 114 Å². The Morgan fingerprint density at radius 3 is 2.71 bits per heavy atom. The van der Waals surface area contributed by atoms with Crippen molar-refractivity contribution in [3.63, 3.8) is 0 Å². The van der Waals surface area contributed by atoms with E-state index in [1.807, 2.05) is 0 Å². The van der Waals surface area contributed by atoms with E-state index in [-0.39, 0.29) is 6.04 Å². The first-order valence-electron chi connectivity index (χ1n) is 5.81. The van der Waals surface area contributed by atoms with Crippen LogP contribution in [-0.2, 0) is 6.42 Å². The van der Waals surface area contributed by atoms with Crippen LogP contribution in [0.1, 0.15) is 36.3 Å². The largest absolute Gasteiger partial charge is 0.464 e. The Hall–Kier alpha value is -0.580. The average Bonchev–Trinajstić information content (AvgIpc) is 2.95. The SMILES string of the molecule is CCNC(c1ccc(CC)o1)c1sccc1Br. The van der Waals surface area contributed by atoms with Gasteiger partial charge in [0.1, 0.15) is 17.6 Å². The minimum Gasteiger partial charge on any atom is -0.464 e. The molecule has 0 aromatic carbocycles. The van der Waals surface area contributed by atoms with Gasteiger partial charge in [-0.15, -0.1) is 11.3 Å². The predicted molar refractivity (Wildman–Crippen MR) is 75.6 cm³/mol. The molecule has 2 rings (SSSR count). The molecular formula is C13H16BrNOS. The lowest BCUT2D eigenvalue weighted by atomic mass is 10.2. The minimum absolute atomic E-state index is 0.148. The van der Waals surface area contributed by atoms with E-state index in [0.29, 0.717) is 0 Å². The van der Waals surface area contributed by atoms with Crippen molar-refractivity contribution in [1.82, 2.24) is 5.32 Å². The fourth-order valence-electron chi connectivity index (χ4n) is 1.78. The van der Waals surface area contributed by atoms with Crippen molar-refractivity contribution >= 4 is 27.3 Å². The molecule has 0 amide bonds. The molecule has 0 aliphatic carbocycles. The van der Waals surface area contributed by atoms with Crippen molar-refractivity contribution in [2.75, 3.05) is 6.54 Å². The van der Waals surface area contributed by atoms with Gasteiger partial charge in [-0.3, -0.25) is 0 Å². The van der Waals surface area contributed by atoms with Gasteiger partial charge in [0.25, 0.3) is 0 Å². The molecule has 0 saturated heterocycles. The van der Waals surface area contributed by atoms with Crippen molar-refractivity contribution in [1.29, 1.82) is 0 Å². The Morgan fingerprint density at radius 2 is 2.18 bits per heavy atom. The second-order valence-corrected chi connectivity index (χ2v) is 5.58. The molecule has 0 saturated carbocycles. The molecule has 4 heteroatoms. The summed E-state index contributed by atoms with van der Waals surface area (Å²) in [6.45, 7) is 5.13. The standard InChI is InChI=1S/C13H16BrNOS/c1-3-9-5-6-11(16-9)12(15-4-2)13-10(14)7-8-17-13/h5-8,12,15H,3-4H2,1-2H3. The molecule has 0 fully saturated rings. The number of hydrogen-bond acceptors (Lipinski definition) is 3. The number of thiophene rings is 1. The lowest BCUT2D eigenvalue weighted by Gasteiger charge is -2.14. The number of rotatable bonds is 5. The number of nitrogens with one attached hydrogen (secondary N) is 1. The molecule has 2 aromatic rings. The van der Waals surface area contributed by atoms with Crippen molar-refractivity contribution < 1.29 is 4.42 Å². The molecule has 1 atom stereocenters. The molecule has 2 nitrogen and oxygen atoms in total. The maximum Gasteiger partial charge on any atom is 0.126 e. The van der Waals surface area contributed by atoms with Crippen molar-refractivity contribution in [2.45, 2.75) is 26.3 Å². The first-order valence-corrected chi connectivity index (χ1v) is 7.48. The first-order chi connectivity index (χ1) is 8.26. The highest BCUT2D eigenvalue weighted by Gasteiger charge is 2.20. The van der Waals surface area contributed by atoms with E-state index >= 15 is 0 Å². The zero-order chi connectivity index (χ0) is 12.3. The monoisotopic (exact) mass is 313 g/mol. The van der Waals surface area contributed by atoms with Gasteiger partial charge in [-0.2, -0.15) is 0 Å². The van der Waals surface area contributed by atoms with Crippen LogP contribution in [0.3, 0.4) is 0 Å². The molecule has 0 bridgehead atoms. The average molecular weight is 314 g/mol. The third-order valence-corrected chi connectivity index (χ3v) is 4.57. The fraction of sp³-hybridized carbons (Fsp3) is 0.385. The van der Waals surface area contributed by atoms with Crippen LogP contribution >= 0.6 is 27.3 Å². The molecule has 2 aromatic heterocycles. The summed E-state index contributed by atoms with van der Waals surface area (Å²) >= 11 is 5.33. The van der Waals surface area contributed by atoms with E-state index in [1.54, 1.807) is 11.3 Å². The van der Waals surface area contributed by atoms with Gasteiger partial charge in [-0.1, -0.05) is 13.8 Å².